The van der Waals surface area contributed by atoms with Crippen LogP contribution in [0.5, 0.6) is 0 Å². The zero-order valence-corrected chi connectivity index (χ0v) is 16.1. The maximum absolute atomic E-state index is 12.3. The van der Waals surface area contributed by atoms with Crippen LogP contribution in [0.15, 0.2) is 34.1 Å². The molecule has 128 valence electrons. The fourth-order valence-electron chi connectivity index (χ4n) is 2.89. The van der Waals surface area contributed by atoms with Gasteiger partial charge >= 0.3 is 0 Å². The molecule has 1 amide bonds. The molecule has 7 heteroatoms. The molecule has 1 aromatic carbocycles. The summed E-state index contributed by atoms with van der Waals surface area (Å²) in [5.74, 6) is -0.156. The number of hydrogen-bond donors (Lipinski definition) is 1. The normalized spacial score (nSPS) is 21.6. The Hall–Kier alpha value is -1.28. The van der Waals surface area contributed by atoms with E-state index in [2.05, 4.69) is 45.0 Å². The Kier molecular flexibility index (Phi) is 5.65. The first-order chi connectivity index (χ1) is 11.5. The summed E-state index contributed by atoms with van der Waals surface area (Å²) in [5.41, 5.74) is 1.58. The van der Waals surface area contributed by atoms with Crippen molar-refractivity contribution in [2.75, 3.05) is 18.4 Å². The summed E-state index contributed by atoms with van der Waals surface area (Å²) in [6.07, 6.45) is 0.476. The van der Waals surface area contributed by atoms with E-state index in [1.54, 1.807) is 6.07 Å². The van der Waals surface area contributed by atoms with Gasteiger partial charge in [-0.2, -0.15) is 0 Å². The Morgan fingerprint density at radius 1 is 1.38 bits per heavy atom. The van der Waals surface area contributed by atoms with E-state index in [1.807, 2.05) is 23.6 Å². The van der Waals surface area contributed by atoms with Crippen LogP contribution >= 0.6 is 27.3 Å². The molecule has 1 N–H and O–H groups in total. The number of thiazole rings is 1. The lowest BCUT2D eigenvalue weighted by Gasteiger charge is -2.34. The van der Waals surface area contributed by atoms with Crippen LogP contribution in [-0.4, -0.2) is 41.1 Å². The Morgan fingerprint density at radius 3 is 2.79 bits per heavy atom. The van der Waals surface area contributed by atoms with Crippen molar-refractivity contribution in [2.24, 2.45) is 0 Å². The highest BCUT2D eigenvalue weighted by molar-refractivity contribution is 9.10. The molecule has 1 aromatic heterocycles. The van der Waals surface area contributed by atoms with E-state index in [-0.39, 0.29) is 18.1 Å². The number of morpholine rings is 1. The summed E-state index contributed by atoms with van der Waals surface area (Å²) in [4.78, 5) is 19.2. The van der Waals surface area contributed by atoms with Gasteiger partial charge in [0, 0.05) is 29.5 Å². The summed E-state index contributed by atoms with van der Waals surface area (Å²) in [6, 6.07) is 7.35. The van der Waals surface area contributed by atoms with E-state index < -0.39 is 0 Å². The molecular formula is C17H20BrN3O2S. The monoisotopic (exact) mass is 409 g/mol. The largest absolute Gasteiger partial charge is 0.373 e. The molecule has 2 aromatic rings. The topological polar surface area (TPSA) is 54.5 Å². The van der Waals surface area contributed by atoms with Gasteiger partial charge in [-0.15, -0.1) is 11.3 Å². The third-order valence-corrected chi connectivity index (χ3v) is 5.27. The fraction of sp³-hybridized carbons (Fsp3) is 0.412. The van der Waals surface area contributed by atoms with Gasteiger partial charge in [-0.25, -0.2) is 4.98 Å². The molecule has 0 radical (unpaired) electrons. The Balaban J connectivity index is 1.61. The quantitative estimate of drug-likeness (QED) is 0.834. The molecule has 1 fully saturated rings. The van der Waals surface area contributed by atoms with Crippen LogP contribution in [0, 0.1) is 0 Å². The van der Waals surface area contributed by atoms with Gasteiger partial charge in [-0.3, -0.25) is 15.0 Å². The molecule has 5 nitrogen and oxygen atoms in total. The minimum absolute atomic E-state index is 0.156. The zero-order chi connectivity index (χ0) is 17.1. The van der Waals surface area contributed by atoms with Crippen LogP contribution in [-0.2, 0) is 11.3 Å². The summed E-state index contributed by atoms with van der Waals surface area (Å²) < 4.78 is 6.52. The van der Waals surface area contributed by atoms with Crippen molar-refractivity contribution in [3.63, 3.8) is 0 Å². The number of aromatic nitrogens is 1. The van der Waals surface area contributed by atoms with Gasteiger partial charge in [-0.05, 0) is 41.9 Å². The third-order valence-electron chi connectivity index (χ3n) is 3.77. The summed E-state index contributed by atoms with van der Waals surface area (Å²) in [5, 5.41) is 5.50. The predicted octanol–water partition coefficient (Wildman–Crippen LogP) is 3.77. The lowest BCUT2D eigenvalue weighted by atomic mass is 10.2. The molecule has 1 aliphatic heterocycles. The van der Waals surface area contributed by atoms with E-state index in [4.69, 9.17) is 4.74 Å². The van der Waals surface area contributed by atoms with Gasteiger partial charge in [0.05, 0.1) is 23.5 Å². The van der Waals surface area contributed by atoms with Crippen LogP contribution in [0.4, 0.5) is 5.13 Å². The van der Waals surface area contributed by atoms with Crippen molar-refractivity contribution in [1.29, 1.82) is 0 Å². The molecular weight excluding hydrogens is 390 g/mol. The SMILES string of the molecule is C[C@@H]1CN(Cc2csc(NC(=O)c3ccccc3Br)n2)C[C@H](C)O1. The van der Waals surface area contributed by atoms with Crippen molar-refractivity contribution in [3.8, 4) is 0 Å². The summed E-state index contributed by atoms with van der Waals surface area (Å²) in [6.45, 7) is 6.76. The van der Waals surface area contributed by atoms with Crippen molar-refractivity contribution in [1.82, 2.24) is 9.88 Å². The predicted molar refractivity (Wildman–Crippen MR) is 99.5 cm³/mol. The molecule has 0 unspecified atom stereocenters. The first-order valence-corrected chi connectivity index (χ1v) is 9.56. The summed E-state index contributed by atoms with van der Waals surface area (Å²) in [7, 11) is 0. The van der Waals surface area contributed by atoms with Crippen LogP contribution in [0.2, 0.25) is 0 Å². The number of carbonyl (C=O) groups excluding carboxylic acids is 1. The second-order valence-corrected chi connectivity index (χ2v) is 7.74. The first-order valence-electron chi connectivity index (χ1n) is 7.89. The van der Waals surface area contributed by atoms with Gasteiger partial charge in [0.1, 0.15) is 0 Å². The minimum Gasteiger partial charge on any atom is -0.373 e. The smallest absolute Gasteiger partial charge is 0.258 e. The Morgan fingerprint density at radius 2 is 2.08 bits per heavy atom. The van der Waals surface area contributed by atoms with E-state index in [0.29, 0.717) is 10.7 Å². The molecule has 0 spiro atoms. The number of rotatable bonds is 4. The van der Waals surface area contributed by atoms with Crippen molar-refractivity contribution in [2.45, 2.75) is 32.6 Å². The Bertz CT molecular complexity index is 711. The number of carbonyl (C=O) groups is 1. The number of halogens is 1. The number of amides is 1. The maximum atomic E-state index is 12.3. The number of anilines is 1. The zero-order valence-electron chi connectivity index (χ0n) is 13.7. The molecule has 0 aliphatic carbocycles. The van der Waals surface area contributed by atoms with E-state index in [1.165, 1.54) is 11.3 Å². The van der Waals surface area contributed by atoms with E-state index in [0.717, 1.165) is 29.8 Å². The van der Waals surface area contributed by atoms with Crippen LogP contribution in [0.3, 0.4) is 0 Å². The lowest BCUT2D eigenvalue weighted by Crippen LogP contribution is -2.44. The van der Waals surface area contributed by atoms with Crippen LogP contribution < -0.4 is 5.32 Å². The van der Waals surface area contributed by atoms with E-state index in [9.17, 15) is 4.79 Å². The lowest BCUT2D eigenvalue weighted by molar-refractivity contribution is -0.0707. The van der Waals surface area contributed by atoms with Gasteiger partial charge in [0.15, 0.2) is 5.13 Å². The van der Waals surface area contributed by atoms with Gasteiger partial charge < -0.3 is 4.74 Å². The van der Waals surface area contributed by atoms with E-state index >= 15 is 0 Å². The molecule has 2 heterocycles. The van der Waals surface area contributed by atoms with Crippen molar-refractivity contribution in [3.05, 3.63) is 45.4 Å². The van der Waals surface area contributed by atoms with Gasteiger partial charge in [0.25, 0.3) is 5.91 Å². The Labute approximate surface area is 154 Å². The number of nitrogens with one attached hydrogen (secondary N) is 1. The van der Waals surface area contributed by atoms with Gasteiger partial charge in [-0.1, -0.05) is 12.1 Å². The average molecular weight is 410 g/mol. The fourth-order valence-corrected chi connectivity index (χ4v) is 4.05. The second kappa shape index (κ2) is 7.74. The molecule has 24 heavy (non-hydrogen) atoms. The standard InChI is InChI=1S/C17H20BrN3O2S/c1-11-7-21(8-12(2)23-11)9-13-10-24-17(19-13)20-16(22)14-5-3-4-6-15(14)18/h3-6,10-12H,7-9H2,1-2H3,(H,19,20,22)/t11-,12+. The van der Waals surface area contributed by atoms with Crippen molar-refractivity contribution < 1.29 is 9.53 Å². The maximum Gasteiger partial charge on any atom is 0.258 e. The van der Waals surface area contributed by atoms with Gasteiger partial charge in [0.2, 0.25) is 0 Å². The summed E-state index contributed by atoms with van der Waals surface area (Å²) >= 11 is 4.85. The second-order valence-electron chi connectivity index (χ2n) is 6.03. The number of nitrogens with zero attached hydrogens (tertiary/aromatic N) is 2. The molecule has 1 aliphatic rings. The molecule has 2 atom stereocenters. The average Bonchev–Trinajstić information content (AvgIpc) is 2.93. The molecule has 0 bridgehead atoms. The molecule has 0 saturated carbocycles. The molecule has 1 saturated heterocycles. The number of benzene rings is 1. The van der Waals surface area contributed by atoms with Crippen molar-refractivity contribution >= 4 is 38.3 Å². The highest BCUT2D eigenvalue weighted by Crippen LogP contribution is 2.22. The number of ether oxygens (including phenoxy) is 1. The third kappa shape index (κ3) is 4.42. The number of hydrogen-bond acceptors (Lipinski definition) is 5. The minimum atomic E-state index is -0.156. The highest BCUT2D eigenvalue weighted by atomic mass is 79.9. The highest BCUT2D eigenvalue weighted by Gasteiger charge is 2.23. The van der Waals surface area contributed by atoms with Crippen LogP contribution in [0.1, 0.15) is 29.9 Å². The first kappa shape index (κ1) is 17.5. The van der Waals surface area contributed by atoms with Crippen LogP contribution in [0.25, 0.3) is 0 Å². The molecule has 3 rings (SSSR count).